The lowest BCUT2D eigenvalue weighted by Crippen LogP contribution is -2.22. The van der Waals surface area contributed by atoms with Crippen LogP contribution in [-0.4, -0.2) is 13.0 Å². The van der Waals surface area contributed by atoms with Gasteiger partial charge in [-0.25, -0.2) is 0 Å². The van der Waals surface area contributed by atoms with Crippen molar-refractivity contribution in [3.8, 4) is 5.75 Å². The molecule has 0 aromatic heterocycles. The van der Waals surface area contributed by atoms with E-state index in [9.17, 15) is 4.79 Å². The van der Waals surface area contributed by atoms with Crippen molar-refractivity contribution in [3.63, 3.8) is 0 Å². The Kier molecular flexibility index (Phi) is 5.18. The molecule has 1 N–H and O–H groups in total. The lowest BCUT2D eigenvalue weighted by atomic mass is 10.1. The Bertz CT molecular complexity index is 552. The van der Waals surface area contributed by atoms with E-state index in [-0.39, 0.29) is 5.91 Å². The van der Waals surface area contributed by atoms with Crippen LogP contribution < -0.4 is 10.1 Å². The summed E-state index contributed by atoms with van der Waals surface area (Å²) in [4.78, 5) is 11.8. The number of carbonyl (C=O) groups is 1. The number of rotatable bonds is 6. The molecule has 0 bridgehead atoms. The standard InChI is InChI=1S/C17H19NO2/c1-20-16-9-5-8-14(12-16)10-11-17(19)18-13-15-6-3-2-4-7-15/h2-9,12H,10-11,13H2,1H3,(H,18,19). The fraction of sp³-hybridized carbons (Fsp3) is 0.235. The molecule has 0 aliphatic rings. The third-order valence-electron chi connectivity index (χ3n) is 3.11. The molecule has 0 fully saturated rings. The van der Waals surface area contributed by atoms with Crippen molar-refractivity contribution >= 4 is 5.91 Å². The maximum Gasteiger partial charge on any atom is 0.220 e. The number of amides is 1. The highest BCUT2D eigenvalue weighted by Gasteiger charge is 2.03. The molecule has 3 nitrogen and oxygen atoms in total. The Morgan fingerprint density at radius 2 is 1.80 bits per heavy atom. The Morgan fingerprint density at radius 1 is 1.05 bits per heavy atom. The van der Waals surface area contributed by atoms with Gasteiger partial charge >= 0.3 is 0 Å². The molecule has 20 heavy (non-hydrogen) atoms. The molecule has 0 saturated carbocycles. The van der Waals surface area contributed by atoms with Crippen LogP contribution in [-0.2, 0) is 17.8 Å². The minimum atomic E-state index is 0.0664. The molecule has 0 radical (unpaired) electrons. The molecule has 2 aromatic carbocycles. The van der Waals surface area contributed by atoms with Gasteiger partial charge in [-0.3, -0.25) is 4.79 Å². The summed E-state index contributed by atoms with van der Waals surface area (Å²) >= 11 is 0. The quantitative estimate of drug-likeness (QED) is 0.875. The Morgan fingerprint density at radius 3 is 2.55 bits per heavy atom. The van der Waals surface area contributed by atoms with Crippen molar-refractivity contribution in [1.82, 2.24) is 5.32 Å². The number of hydrogen-bond donors (Lipinski definition) is 1. The highest BCUT2D eigenvalue weighted by atomic mass is 16.5. The summed E-state index contributed by atoms with van der Waals surface area (Å²) in [5.74, 6) is 0.892. The van der Waals surface area contributed by atoms with Gasteiger partial charge in [-0.05, 0) is 29.7 Å². The second-order valence-corrected chi connectivity index (χ2v) is 4.61. The monoisotopic (exact) mass is 269 g/mol. The van der Waals surface area contributed by atoms with E-state index in [1.165, 1.54) is 0 Å². The topological polar surface area (TPSA) is 38.3 Å². The number of benzene rings is 2. The van der Waals surface area contributed by atoms with Crippen LogP contribution >= 0.6 is 0 Å². The van der Waals surface area contributed by atoms with Crippen LogP contribution in [0.4, 0.5) is 0 Å². The zero-order valence-corrected chi connectivity index (χ0v) is 11.6. The van der Waals surface area contributed by atoms with Gasteiger partial charge in [-0.15, -0.1) is 0 Å². The van der Waals surface area contributed by atoms with Crippen molar-refractivity contribution < 1.29 is 9.53 Å². The molecule has 0 heterocycles. The van der Waals surface area contributed by atoms with Crippen LogP contribution in [0.15, 0.2) is 54.6 Å². The second kappa shape index (κ2) is 7.34. The number of hydrogen-bond acceptors (Lipinski definition) is 2. The molecule has 0 atom stereocenters. The predicted octanol–water partition coefficient (Wildman–Crippen LogP) is 2.94. The summed E-state index contributed by atoms with van der Waals surface area (Å²) in [5, 5.41) is 2.93. The second-order valence-electron chi connectivity index (χ2n) is 4.61. The van der Waals surface area contributed by atoms with Gasteiger partial charge in [0.05, 0.1) is 7.11 Å². The van der Waals surface area contributed by atoms with Gasteiger partial charge in [0.1, 0.15) is 5.75 Å². The van der Waals surface area contributed by atoms with Crippen LogP contribution in [0.25, 0.3) is 0 Å². The van der Waals surface area contributed by atoms with Gasteiger partial charge in [-0.2, -0.15) is 0 Å². The minimum Gasteiger partial charge on any atom is -0.497 e. The van der Waals surface area contributed by atoms with E-state index >= 15 is 0 Å². The van der Waals surface area contributed by atoms with E-state index in [2.05, 4.69) is 5.32 Å². The Balaban J connectivity index is 1.77. The molecule has 0 aliphatic carbocycles. The largest absolute Gasteiger partial charge is 0.497 e. The highest BCUT2D eigenvalue weighted by Crippen LogP contribution is 2.13. The van der Waals surface area contributed by atoms with Gasteiger partial charge in [0.2, 0.25) is 5.91 Å². The number of aryl methyl sites for hydroxylation is 1. The molecule has 0 spiro atoms. The summed E-state index contributed by atoms with van der Waals surface area (Å²) < 4.78 is 5.17. The SMILES string of the molecule is COc1cccc(CCC(=O)NCc2ccccc2)c1. The molecule has 0 saturated heterocycles. The minimum absolute atomic E-state index is 0.0664. The zero-order chi connectivity index (χ0) is 14.2. The first-order chi connectivity index (χ1) is 9.78. The molecule has 1 amide bonds. The van der Waals surface area contributed by atoms with Gasteiger partial charge in [-0.1, -0.05) is 42.5 Å². The van der Waals surface area contributed by atoms with E-state index in [1.807, 2.05) is 54.6 Å². The van der Waals surface area contributed by atoms with Crippen molar-refractivity contribution in [2.45, 2.75) is 19.4 Å². The first kappa shape index (κ1) is 14.1. The fourth-order valence-corrected chi connectivity index (χ4v) is 1.97. The van der Waals surface area contributed by atoms with E-state index in [4.69, 9.17) is 4.74 Å². The van der Waals surface area contributed by atoms with Crippen molar-refractivity contribution in [2.75, 3.05) is 7.11 Å². The highest BCUT2D eigenvalue weighted by molar-refractivity contribution is 5.76. The zero-order valence-electron chi connectivity index (χ0n) is 11.6. The smallest absolute Gasteiger partial charge is 0.220 e. The third-order valence-corrected chi connectivity index (χ3v) is 3.11. The van der Waals surface area contributed by atoms with Gasteiger partial charge in [0, 0.05) is 13.0 Å². The molecule has 104 valence electrons. The van der Waals surface area contributed by atoms with E-state index in [0.29, 0.717) is 13.0 Å². The van der Waals surface area contributed by atoms with Gasteiger partial charge in [0.25, 0.3) is 0 Å². The fourth-order valence-electron chi connectivity index (χ4n) is 1.97. The van der Waals surface area contributed by atoms with Crippen LogP contribution in [0, 0.1) is 0 Å². The Labute approximate surface area is 119 Å². The van der Waals surface area contributed by atoms with Crippen LogP contribution in [0.1, 0.15) is 17.5 Å². The summed E-state index contributed by atoms with van der Waals surface area (Å²) in [6, 6.07) is 17.7. The first-order valence-corrected chi connectivity index (χ1v) is 6.71. The van der Waals surface area contributed by atoms with Crippen molar-refractivity contribution in [2.24, 2.45) is 0 Å². The third kappa shape index (κ3) is 4.43. The normalized spacial score (nSPS) is 10.1. The van der Waals surface area contributed by atoms with Crippen molar-refractivity contribution in [1.29, 1.82) is 0 Å². The maximum atomic E-state index is 11.8. The van der Waals surface area contributed by atoms with Crippen LogP contribution in [0.2, 0.25) is 0 Å². The molecule has 2 rings (SSSR count). The number of nitrogens with one attached hydrogen (secondary N) is 1. The molecule has 3 heteroatoms. The molecule has 0 unspecified atom stereocenters. The predicted molar refractivity (Wildman–Crippen MR) is 79.6 cm³/mol. The molecular formula is C17H19NO2. The summed E-state index contributed by atoms with van der Waals surface area (Å²) in [7, 11) is 1.64. The average Bonchev–Trinajstić information content (AvgIpc) is 2.52. The van der Waals surface area contributed by atoms with Gasteiger partial charge < -0.3 is 10.1 Å². The number of methoxy groups -OCH3 is 1. The summed E-state index contributed by atoms with van der Waals surface area (Å²) in [5.41, 5.74) is 2.22. The Hall–Kier alpha value is -2.29. The molecular weight excluding hydrogens is 250 g/mol. The van der Waals surface area contributed by atoms with Gasteiger partial charge in [0.15, 0.2) is 0 Å². The van der Waals surface area contributed by atoms with E-state index in [0.717, 1.165) is 23.3 Å². The maximum absolute atomic E-state index is 11.8. The summed E-state index contributed by atoms with van der Waals surface area (Å²) in [6.45, 7) is 0.581. The molecule has 0 aliphatic heterocycles. The van der Waals surface area contributed by atoms with E-state index < -0.39 is 0 Å². The molecule has 2 aromatic rings. The van der Waals surface area contributed by atoms with Crippen LogP contribution in [0.5, 0.6) is 5.75 Å². The number of ether oxygens (including phenoxy) is 1. The lowest BCUT2D eigenvalue weighted by molar-refractivity contribution is -0.121. The lowest BCUT2D eigenvalue weighted by Gasteiger charge is -2.06. The van der Waals surface area contributed by atoms with Crippen LogP contribution in [0.3, 0.4) is 0 Å². The first-order valence-electron chi connectivity index (χ1n) is 6.71. The summed E-state index contributed by atoms with van der Waals surface area (Å²) in [6.07, 6.45) is 1.21. The average molecular weight is 269 g/mol. The van der Waals surface area contributed by atoms with E-state index in [1.54, 1.807) is 7.11 Å². The number of carbonyl (C=O) groups excluding carboxylic acids is 1. The van der Waals surface area contributed by atoms with Crippen molar-refractivity contribution in [3.05, 3.63) is 65.7 Å².